The number of aliphatic imine (C=N–C) groups is 1. The molecule has 0 unspecified atom stereocenters. The molecule has 0 radical (unpaired) electrons. The summed E-state index contributed by atoms with van der Waals surface area (Å²) in [5, 5.41) is 0.161. The molecule has 5 nitrogen and oxygen atoms in total. The first-order chi connectivity index (χ1) is 11.5. The summed E-state index contributed by atoms with van der Waals surface area (Å²) >= 11 is 0. The first-order valence-electron chi connectivity index (χ1n) is 9.46. The summed E-state index contributed by atoms with van der Waals surface area (Å²) in [7, 11) is -2.56. The largest absolute Gasteiger partial charge is 0.477 e. The SMILES string of the molecule is COC(=O)[C@@H]1N=C([Si](C)(C)C(C)(C)C)O[C@H]1[C@H](C)O[Si](C)(C)C(C)(C)C. The van der Waals surface area contributed by atoms with E-state index >= 15 is 0 Å². The minimum Gasteiger partial charge on any atom is -0.477 e. The predicted octanol–water partition coefficient (Wildman–Crippen LogP) is 4.78. The highest BCUT2D eigenvalue weighted by atomic mass is 28.4. The van der Waals surface area contributed by atoms with Gasteiger partial charge in [-0.15, -0.1) is 0 Å². The van der Waals surface area contributed by atoms with Crippen LogP contribution in [0.3, 0.4) is 0 Å². The topological polar surface area (TPSA) is 57.1 Å². The van der Waals surface area contributed by atoms with Gasteiger partial charge in [0.25, 0.3) is 0 Å². The van der Waals surface area contributed by atoms with Crippen molar-refractivity contribution in [1.29, 1.82) is 0 Å². The third-order valence-corrected chi connectivity index (χ3v) is 16.1. The molecular weight excluding hydrogens is 362 g/mol. The average Bonchev–Trinajstić information content (AvgIpc) is 2.89. The molecule has 0 fully saturated rings. The number of methoxy groups -OCH3 is 1. The highest BCUT2D eigenvalue weighted by Crippen LogP contribution is 2.41. The maximum atomic E-state index is 12.4. The Balaban J connectivity index is 3.15. The van der Waals surface area contributed by atoms with E-state index in [4.69, 9.17) is 18.9 Å². The van der Waals surface area contributed by atoms with Crippen molar-refractivity contribution in [2.45, 2.75) is 103 Å². The van der Waals surface area contributed by atoms with Crippen molar-refractivity contribution >= 4 is 27.9 Å². The van der Waals surface area contributed by atoms with Crippen LogP contribution in [-0.2, 0) is 18.7 Å². The number of ether oxygens (including phenoxy) is 2. The third-order valence-electron chi connectivity index (χ3n) is 6.42. The fourth-order valence-corrected chi connectivity index (χ4v) is 5.37. The van der Waals surface area contributed by atoms with Gasteiger partial charge in [0.15, 0.2) is 34.1 Å². The standard InChI is InChI=1S/C19H39NO4Si2/c1-13(24-26(11,12)19(5,6)7)15-14(16(21)22-8)20-17(23-15)25(9,10)18(2,3)4/h13-15H,1-12H3/t13-,14+,15-/m0/s1. The molecule has 1 heterocycles. The molecule has 1 aliphatic rings. The Bertz CT molecular complexity index is 559. The molecule has 0 aromatic carbocycles. The molecule has 0 aromatic heterocycles. The van der Waals surface area contributed by atoms with Crippen LogP contribution in [0.5, 0.6) is 0 Å². The Morgan fingerprint density at radius 3 is 1.96 bits per heavy atom. The van der Waals surface area contributed by atoms with Crippen LogP contribution in [0.25, 0.3) is 0 Å². The van der Waals surface area contributed by atoms with Crippen LogP contribution in [0.15, 0.2) is 4.99 Å². The third kappa shape index (κ3) is 4.59. The number of carbonyl (C=O) groups is 1. The van der Waals surface area contributed by atoms with Crippen LogP contribution in [0.4, 0.5) is 0 Å². The van der Waals surface area contributed by atoms with E-state index in [2.05, 4.69) is 67.7 Å². The number of esters is 1. The molecule has 0 aliphatic carbocycles. The van der Waals surface area contributed by atoms with Crippen LogP contribution < -0.4 is 0 Å². The van der Waals surface area contributed by atoms with Gasteiger partial charge in [0.1, 0.15) is 0 Å². The minimum absolute atomic E-state index is 0.0743. The van der Waals surface area contributed by atoms with Crippen LogP contribution in [0, 0.1) is 0 Å². The van der Waals surface area contributed by atoms with Gasteiger partial charge in [-0.05, 0) is 30.1 Å². The summed E-state index contributed by atoms with van der Waals surface area (Å²) in [6.07, 6.45) is -0.660. The van der Waals surface area contributed by atoms with Crippen molar-refractivity contribution in [3.05, 3.63) is 0 Å². The molecule has 0 saturated heterocycles. The van der Waals surface area contributed by atoms with Gasteiger partial charge in [-0.2, -0.15) is 0 Å². The van der Waals surface area contributed by atoms with E-state index in [0.717, 1.165) is 5.52 Å². The molecule has 0 bridgehead atoms. The van der Waals surface area contributed by atoms with Gasteiger partial charge in [0.05, 0.1) is 13.2 Å². The number of nitrogens with zero attached hydrogens (tertiary/aromatic N) is 1. The van der Waals surface area contributed by atoms with Crippen LogP contribution in [-0.4, -0.2) is 53.2 Å². The second kappa shape index (κ2) is 7.39. The van der Waals surface area contributed by atoms with Crippen molar-refractivity contribution in [3.8, 4) is 0 Å². The van der Waals surface area contributed by atoms with Gasteiger partial charge in [0, 0.05) is 0 Å². The van der Waals surface area contributed by atoms with Gasteiger partial charge in [0.2, 0.25) is 0 Å². The number of hydrogen-bond donors (Lipinski definition) is 0. The summed E-state index contributed by atoms with van der Waals surface area (Å²) < 4.78 is 17.8. The maximum absolute atomic E-state index is 12.4. The smallest absolute Gasteiger partial charge is 0.334 e. The highest BCUT2D eigenvalue weighted by Gasteiger charge is 2.51. The zero-order chi connectivity index (χ0) is 20.7. The minimum atomic E-state index is -1.99. The van der Waals surface area contributed by atoms with E-state index in [0.29, 0.717) is 0 Å². The molecule has 0 saturated carbocycles. The highest BCUT2D eigenvalue weighted by molar-refractivity contribution is 7.06. The molecule has 26 heavy (non-hydrogen) atoms. The maximum Gasteiger partial charge on any atom is 0.334 e. The Hall–Kier alpha value is -0.666. The normalized spacial score (nSPS) is 23.3. The molecular formula is C19H39NO4Si2. The summed E-state index contributed by atoms with van der Waals surface area (Å²) in [4.78, 5) is 17.1. The molecule has 1 rings (SSSR count). The monoisotopic (exact) mass is 401 g/mol. The Kier molecular flexibility index (Phi) is 6.65. The lowest BCUT2D eigenvalue weighted by Crippen LogP contribution is -2.51. The molecule has 0 amide bonds. The zero-order valence-corrected chi connectivity index (χ0v) is 20.8. The summed E-state index contributed by atoms with van der Waals surface area (Å²) in [5.41, 5.74) is 0.746. The number of rotatable bonds is 5. The van der Waals surface area contributed by atoms with Crippen molar-refractivity contribution < 1.29 is 18.7 Å². The van der Waals surface area contributed by atoms with Gasteiger partial charge in [-0.25, -0.2) is 9.79 Å². The van der Waals surface area contributed by atoms with E-state index < -0.39 is 28.5 Å². The van der Waals surface area contributed by atoms with Crippen LogP contribution in [0.2, 0.25) is 36.3 Å². The van der Waals surface area contributed by atoms with E-state index in [9.17, 15) is 4.79 Å². The molecule has 1 aliphatic heterocycles. The van der Waals surface area contributed by atoms with Crippen LogP contribution in [0.1, 0.15) is 48.5 Å². The van der Waals surface area contributed by atoms with Gasteiger partial charge >= 0.3 is 5.97 Å². The first kappa shape index (κ1) is 23.4. The lowest BCUT2D eigenvalue weighted by molar-refractivity contribution is -0.145. The number of carbonyl (C=O) groups excluding carboxylic acids is 1. The summed E-state index contributed by atoms with van der Waals surface area (Å²) in [5.74, 6) is -0.352. The predicted molar refractivity (Wildman–Crippen MR) is 113 cm³/mol. The Morgan fingerprint density at radius 2 is 1.58 bits per heavy atom. The van der Waals surface area contributed by atoms with Crippen molar-refractivity contribution in [2.75, 3.05) is 7.11 Å². The molecule has 7 heteroatoms. The Morgan fingerprint density at radius 1 is 1.08 bits per heavy atom. The van der Waals surface area contributed by atoms with E-state index in [1.54, 1.807) is 0 Å². The molecule has 0 aromatic rings. The van der Waals surface area contributed by atoms with E-state index in [1.165, 1.54) is 7.11 Å². The fraction of sp³-hybridized carbons (Fsp3) is 0.895. The lowest BCUT2D eigenvalue weighted by atomic mass is 10.1. The van der Waals surface area contributed by atoms with Gasteiger partial charge < -0.3 is 13.9 Å². The second-order valence-corrected chi connectivity index (χ2v) is 20.4. The van der Waals surface area contributed by atoms with Gasteiger partial charge in [-0.3, -0.25) is 0 Å². The van der Waals surface area contributed by atoms with Gasteiger partial charge in [-0.1, -0.05) is 54.6 Å². The molecule has 152 valence electrons. The zero-order valence-electron chi connectivity index (χ0n) is 18.8. The van der Waals surface area contributed by atoms with Crippen molar-refractivity contribution in [1.82, 2.24) is 0 Å². The average molecular weight is 402 g/mol. The quantitative estimate of drug-likeness (QED) is 0.491. The first-order valence-corrected chi connectivity index (χ1v) is 15.4. The second-order valence-electron chi connectivity index (χ2n) is 10.4. The van der Waals surface area contributed by atoms with E-state index in [1.807, 2.05) is 6.92 Å². The van der Waals surface area contributed by atoms with Crippen molar-refractivity contribution in [2.24, 2.45) is 4.99 Å². The molecule has 3 atom stereocenters. The lowest BCUT2D eigenvalue weighted by Gasteiger charge is -2.40. The Labute approximate surface area is 162 Å². The van der Waals surface area contributed by atoms with E-state index in [-0.39, 0.29) is 22.1 Å². The van der Waals surface area contributed by atoms with Crippen molar-refractivity contribution in [3.63, 3.8) is 0 Å². The fourth-order valence-electron chi connectivity index (χ4n) is 2.42. The number of hydrogen-bond acceptors (Lipinski definition) is 5. The summed E-state index contributed by atoms with van der Waals surface area (Å²) in [6, 6.07) is -0.649. The van der Waals surface area contributed by atoms with Crippen LogP contribution >= 0.6 is 0 Å². The molecule has 0 spiro atoms. The molecule has 0 N–H and O–H groups in total. The summed E-state index contributed by atoms with van der Waals surface area (Å²) in [6.45, 7) is 24.1.